The Hall–Kier alpha value is -0.610. The highest BCUT2D eigenvalue weighted by Crippen LogP contribution is 2.19. The predicted molar refractivity (Wildman–Crippen MR) is 68.9 cm³/mol. The summed E-state index contributed by atoms with van der Waals surface area (Å²) in [4.78, 5) is 18.8. The Morgan fingerprint density at radius 1 is 1.18 bits per heavy atom. The lowest BCUT2D eigenvalue weighted by molar-refractivity contribution is -0.131. The molecule has 2 fully saturated rings. The number of likely N-dealkylation sites (N-methyl/N-ethyl adjacent to an activating group) is 1. The van der Waals surface area contributed by atoms with Crippen LogP contribution in [0.15, 0.2) is 0 Å². The molecule has 0 aliphatic carbocycles. The van der Waals surface area contributed by atoms with Crippen LogP contribution in [0.5, 0.6) is 0 Å². The molecular formula is C13H25N3O. The van der Waals surface area contributed by atoms with Crippen LogP contribution >= 0.6 is 0 Å². The summed E-state index contributed by atoms with van der Waals surface area (Å²) >= 11 is 0. The second kappa shape index (κ2) is 5.83. The molecule has 0 N–H and O–H groups in total. The third-order valence-corrected chi connectivity index (χ3v) is 4.17. The highest BCUT2D eigenvalue weighted by Gasteiger charge is 2.26. The van der Waals surface area contributed by atoms with Gasteiger partial charge in [0.05, 0.1) is 6.54 Å². The first-order valence-corrected chi connectivity index (χ1v) is 6.87. The summed E-state index contributed by atoms with van der Waals surface area (Å²) in [7, 11) is 2.14. The van der Waals surface area contributed by atoms with Crippen molar-refractivity contribution in [2.24, 2.45) is 5.92 Å². The highest BCUT2D eigenvalue weighted by atomic mass is 16.2. The van der Waals surface area contributed by atoms with E-state index in [0.29, 0.717) is 12.5 Å². The van der Waals surface area contributed by atoms with Gasteiger partial charge in [0.1, 0.15) is 0 Å². The average molecular weight is 239 g/mol. The quantitative estimate of drug-likeness (QED) is 0.717. The van der Waals surface area contributed by atoms with E-state index in [0.717, 1.165) is 45.2 Å². The predicted octanol–water partition coefficient (Wildman–Crippen LogP) is 0.492. The van der Waals surface area contributed by atoms with Gasteiger partial charge >= 0.3 is 0 Å². The number of nitrogens with zero attached hydrogens (tertiary/aromatic N) is 3. The van der Waals surface area contributed by atoms with Gasteiger partial charge in [0, 0.05) is 39.3 Å². The summed E-state index contributed by atoms with van der Waals surface area (Å²) < 4.78 is 0. The Morgan fingerprint density at radius 3 is 2.47 bits per heavy atom. The summed E-state index contributed by atoms with van der Waals surface area (Å²) in [6.45, 7) is 9.06. The van der Waals surface area contributed by atoms with Crippen molar-refractivity contribution in [1.82, 2.24) is 14.7 Å². The minimum atomic E-state index is 0.338. The van der Waals surface area contributed by atoms with E-state index in [9.17, 15) is 4.79 Å². The van der Waals surface area contributed by atoms with E-state index >= 15 is 0 Å². The van der Waals surface area contributed by atoms with E-state index in [1.807, 2.05) is 0 Å². The lowest BCUT2D eigenvalue weighted by Crippen LogP contribution is -2.48. The van der Waals surface area contributed by atoms with Crippen molar-refractivity contribution in [3.05, 3.63) is 0 Å². The third kappa shape index (κ3) is 3.42. The molecule has 0 spiro atoms. The van der Waals surface area contributed by atoms with Crippen LogP contribution in [0.2, 0.25) is 0 Å². The van der Waals surface area contributed by atoms with Gasteiger partial charge in [-0.2, -0.15) is 0 Å². The minimum Gasteiger partial charge on any atom is -0.341 e. The van der Waals surface area contributed by atoms with Crippen LogP contribution in [0.4, 0.5) is 0 Å². The van der Waals surface area contributed by atoms with Crippen LogP contribution in [0.25, 0.3) is 0 Å². The third-order valence-electron chi connectivity index (χ3n) is 4.17. The molecule has 0 bridgehead atoms. The zero-order valence-electron chi connectivity index (χ0n) is 11.2. The van der Waals surface area contributed by atoms with Gasteiger partial charge in [0.2, 0.25) is 5.91 Å². The van der Waals surface area contributed by atoms with E-state index in [-0.39, 0.29) is 0 Å². The topological polar surface area (TPSA) is 26.8 Å². The molecule has 0 radical (unpaired) electrons. The van der Waals surface area contributed by atoms with Gasteiger partial charge in [-0.1, -0.05) is 13.3 Å². The van der Waals surface area contributed by atoms with Gasteiger partial charge in [-0.3, -0.25) is 9.69 Å². The average Bonchev–Trinajstić information content (AvgIpc) is 2.81. The molecule has 2 saturated heterocycles. The molecule has 0 aromatic carbocycles. The number of carbonyl (C=O) groups is 1. The molecule has 1 amide bonds. The summed E-state index contributed by atoms with van der Waals surface area (Å²) in [5.41, 5.74) is 0. The van der Waals surface area contributed by atoms with Crippen LogP contribution in [-0.4, -0.2) is 73.5 Å². The van der Waals surface area contributed by atoms with Gasteiger partial charge < -0.3 is 9.80 Å². The van der Waals surface area contributed by atoms with E-state index < -0.39 is 0 Å². The lowest BCUT2D eigenvalue weighted by atomic mass is 10.1. The maximum atomic E-state index is 12.1. The smallest absolute Gasteiger partial charge is 0.236 e. The number of likely N-dealkylation sites (tertiary alicyclic amines) is 1. The zero-order chi connectivity index (χ0) is 12.3. The molecular weight excluding hydrogens is 214 g/mol. The number of amides is 1. The maximum Gasteiger partial charge on any atom is 0.236 e. The number of hydrogen-bond acceptors (Lipinski definition) is 3. The highest BCUT2D eigenvalue weighted by molar-refractivity contribution is 5.78. The molecule has 2 heterocycles. The number of rotatable bonds is 3. The van der Waals surface area contributed by atoms with E-state index in [1.165, 1.54) is 12.8 Å². The van der Waals surface area contributed by atoms with Crippen molar-refractivity contribution in [2.75, 3.05) is 52.9 Å². The normalized spacial score (nSPS) is 27.6. The van der Waals surface area contributed by atoms with Crippen LogP contribution in [0.3, 0.4) is 0 Å². The van der Waals surface area contributed by atoms with Crippen molar-refractivity contribution < 1.29 is 4.79 Å². The fourth-order valence-corrected chi connectivity index (χ4v) is 2.69. The molecule has 2 aliphatic heterocycles. The van der Waals surface area contributed by atoms with Crippen molar-refractivity contribution >= 4 is 5.91 Å². The van der Waals surface area contributed by atoms with Gasteiger partial charge in [-0.25, -0.2) is 0 Å². The summed E-state index contributed by atoms with van der Waals surface area (Å²) in [6, 6.07) is 0. The van der Waals surface area contributed by atoms with E-state index in [2.05, 4.69) is 28.7 Å². The molecule has 1 unspecified atom stereocenters. The fraction of sp³-hybridized carbons (Fsp3) is 0.923. The minimum absolute atomic E-state index is 0.338. The summed E-state index contributed by atoms with van der Waals surface area (Å²) in [5.74, 6) is 1.08. The van der Waals surface area contributed by atoms with Crippen molar-refractivity contribution in [3.63, 3.8) is 0 Å². The second-order valence-corrected chi connectivity index (χ2v) is 5.48. The van der Waals surface area contributed by atoms with Crippen LogP contribution in [0.1, 0.15) is 19.8 Å². The van der Waals surface area contributed by atoms with Crippen molar-refractivity contribution in [3.8, 4) is 0 Å². The largest absolute Gasteiger partial charge is 0.341 e. The van der Waals surface area contributed by atoms with Gasteiger partial charge in [-0.05, 0) is 19.4 Å². The first-order valence-electron chi connectivity index (χ1n) is 6.87. The molecule has 2 aliphatic rings. The SMILES string of the molecule is CCC1CCN(C(=O)CN2CCN(C)CC2)C1. The molecule has 2 rings (SSSR count). The first kappa shape index (κ1) is 12.8. The first-order chi connectivity index (χ1) is 8.19. The molecule has 0 aromatic heterocycles. The second-order valence-electron chi connectivity index (χ2n) is 5.48. The fourth-order valence-electron chi connectivity index (χ4n) is 2.69. The van der Waals surface area contributed by atoms with E-state index in [4.69, 9.17) is 0 Å². The summed E-state index contributed by atoms with van der Waals surface area (Å²) in [6.07, 6.45) is 2.41. The van der Waals surface area contributed by atoms with E-state index in [1.54, 1.807) is 0 Å². The van der Waals surface area contributed by atoms with Crippen LogP contribution in [-0.2, 0) is 4.79 Å². The Kier molecular flexibility index (Phi) is 4.40. The van der Waals surface area contributed by atoms with Crippen LogP contribution < -0.4 is 0 Å². The Morgan fingerprint density at radius 2 is 1.88 bits per heavy atom. The Bertz CT molecular complexity index is 261. The molecule has 1 atom stereocenters. The molecule has 4 heteroatoms. The molecule has 0 saturated carbocycles. The van der Waals surface area contributed by atoms with Gasteiger partial charge in [0.25, 0.3) is 0 Å². The lowest BCUT2D eigenvalue weighted by Gasteiger charge is -2.32. The Balaban J connectivity index is 1.74. The zero-order valence-corrected chi connectivity index (χ0v) is 11.2. The number of hydrogen-bond donors (Lipinski definition) is 0. The number of piperazine rings is 1. The van der Waals surface area contributed by atoms with Crippen molar-refractivity contribution in [1.29, 1.82) is 0 Å². The van der Waals surface area contributed by atoms with Gasteiger partial charge in [-0.15, -0.1) is 0 Å². The standard InChI is InChI=1S/C13H25N3O/c1-3-12-4-5-16(10-12)13(17)11-15-8-6-14(2)7-9-15/h12H,3-11H2,1-2H3. The van der Waals surface area contributed by atoms with Crippen LogP contribution in [0, 0.1) is 5.92 Å². The molecule has 17 heavy (non-hydrogen) atoms. The summed E-state index contributed by atoms with van der Waals surface area (Å²) in [5, 5.41) is 0. The number of carbonyl (C=O) groups excluding carboxylic acids is 1. The van der Waals surface area contributed by atoms with Gasteiger partial charge in [0.15, 0.2) is 0 Å². The molecule has 98 valence electrons. The Labute approximate surface area is 105 Å². The van der Waals surface area contributed by atoms with Crippen molar-refractivity contribution in [2.45, 2.75) is 19.8 Å². The monoisotopic (exact) mass is 239 g/mol. The molecule has 0 aromatic rings. The maximum absolute atomic E-state index is 12.1. The molecule has 4 nitrogen and oxygen atoms in total.